The zero-order chi connectivity index (χ0) is 20.4. The molecule has 2 N–H and O–H groups in total. The van der Waals surface area contributed by atoms with Crippen molar-refractivity contribution in [2.45, 2.75) is 31.1 Å². The first kappa shape index (κ1) is 26.0. The lowest BCUT2D eigenvalue weighted by Gasteiger charge is -2.36. The molecular weight excluding hydrogens is 505 g/mol. The molecule has 1 heterocycles. The molecule has 166 valence electrons. The Bertz CT molecular complexity index is 630. The van der Waals surface area contributed by atoms with Gasteiger partial charge in [-0.15, -0.1) is 24.0 Å². The van der Waals surface area contributed by atoms with Gasteiger partial charge < -0.3 is 29.6 Å². The van der Waals surface area contributed by atoms with E-state index in [1.807, 2.05) is 23.9 Å². The number of hydrogen-bond acceptors (Lipinski definition) is 6. The van der Waals surface area contributed by atoms with Gasteiger partial charge in [0.2, 0.25) is 5.75 Å². The van der Waals surface area contributed by atoms with Crippen molar-refractivity contribution in [3.8, 4) is 17.2 Å². The zero-order valence-electron chi connectivity index (χ0n) is 18.0. The summed E-state index contributed by atoms with van der Waals surface area (Å²) in [6.45, 7) is 5.87. The van der Waals surface area contributed by atoms with Crippen molar-refractivity contribution >= 4 is 41.7 Å². The van der Waals surface area contributed by atoms with E-state index in [9.17, 15) is 0 Å². The van der Waals surface area contributed by atoms with Crippen LogP contribution in [0.3, 0.4) is 0 Å². The largest absolute Gasteiger partial charge is 0.493 e. The number of nitrogens with one attached hydrogen (secondary N) is 2. The number of hydrogen-bond donors (Lipinski definition) is 2. The van der Waals surface area contributed by atoms with Crippen LogP contribution in [0.5, 0.6) is 17.2 Å². The molecule has 7 nitrogen and oxygen atoms in total. The molecule has 1 aliphatic heterocycles. The number of guanidine groups is 1. The number of methoxy groups -OCH3 is 3. The van der Waals surface area contributed by atoms with Gasteiger partial charge in [-0.1, -0.05) is 0 Å². The second-order valence-corrected chi connectivity index (χ2v) is 7.86. The number of nitrogens with zero attached hydrogens (tertiary/aromatic N) is 1. The molecular formula is C20H34IN3O4S. The van der Waals surface area contributed by atoms with E-state index in [0.29, 0.717) is 23.8 Å². The fraction of sp³-hybridized carbons (Fsp3) is 0.650. The van der Waals surface area contributed by atoms with Gasteiger partial charge in [0.25, 0.3) is 0 Å². The molecule has 9 heteroatoms. The van der Waals surface area contributed by atoms with Gasteiger partial charge in [-0.25, -0.2) is 4.99 Å². The van der Waals surface area contributed by atoms with E-state index in [0.717, 1.165) is 50.7 Å². The predicted molar refractivity (Wildman–Crippen MR) is 131 cm³/mol. The van der Waals surface area contributed by atoms with E-state index >= 15 is 0 Å². The van der Waals surface area contributed by atoms with Gasteiger partial charge in [-0.05, 0) is 43.7 Å². The molecule has 0 radical (unpaired) electrons. The number of thioether (sulfide) groups is 1. The quantitative estimate of drug-likeness (QED) is 0.284. The highest BCUT2D eigenvalue weighted by Gasteiger charge is 2.31. The Morgan fingerprint density at radius 2 is 1.72 bits per heavy atom. The Hall–Kier alpha value is -1.07. The van der Waals surface area contributed by atoms with Gasteiger partial charge in [0.15, 0.2) is 17.5 Å². The normalized spacial score (nSPS) is 15.8. The molecule has 1 aromatic carbocycles. The van der Waals surface area contributed by atoms with Crippen LogP contribution in [0.1, 0.15) is 25.3 Å². The molecule has 0 aromatic heterocycles. The molecule has 2 rings (SSSR count). The summed E-state index contributed by atoms with van der Waals surface area (Å²) in [4.78, 5) is 4.74. The van der Waals surface area contributed by atoms with Gasteiger partial charge in [-0.3, -0.25) is 0 Å². The van der Waals surface area contributed by atoms with Crippen LogP contribution in [0.4, 0.5) is 0 Å². The van der Waals surface area contributed by atoms with Crippen molar-refractivity contribution in [3.63, 3.8) is 0 Å². The molecule has 0 saturated carbocycles. The van der Waals surface area contributed by atoms with Crippen molar-refractivity contribution in [1.82, 2.24) is 10.6 Å². The summed E-state index contributed by atoms with van der Waals surface area (Å²) >= 11 is 1.91. The van der Waals surface area contributed by atoms with E-state index in [2.05, 4.69) is 23.8 Å². The lowest BCUT2D eigenvalue weighted by atomic mass is 9.99. The first-order chi connectivity index (χ1) is 13.6. The lowest BCUT2D eigenvalue weighted by molar-refractivity contribution is 0.0783. The maximum atomic E-state index is 5.53. The number of ether oxygens (including phenoxy) is 4. The monoisotopic (exact) mass is 539 g/mol. The highest BCUT2D eigenvalue weighted by molar-refractivity contribution is 14.0. The van der Waals surface area contributed by atoms with Crippen LogP contribution >= 0.6 is 35.7 Å². The Balaban J connectivity index is 0.00000420. The van der Waals surface area contributed by atoms with Gasteiger partial charge in [0.1, 0.15) is 0 Å². The Morgan fingerprint density at radius 3 is 2.21 bits per heavy atom. The minimum absolute atomic E-state index is 0. The fourth-order valence-corrected chi connectivity index (χ4v) is 3.97. The molecule has 0 bridgehead atoms. The minimum Gasteiger partial charge on any atom is -0.493 e. The standard InChI is InChI=1S/C20H33N3O4S.HI/c1-6-21-19(23-14-20(28-5)7-9-27-10-8-20)22-13-15-11-16(24-2)18(26-4)17(12-15)25-3;/h11-12H,6-10,13-14H2,1-5H3,(H2,21,22,23);1H. The third-order valence-corrected chi connectivity index (χ3v) is 6.32. The van der Waals surface area contributed by atoms with Crippen molar-refractivity contribution in [1.29, 1.82) is 0 Å². The lowest BCUT2D eigenvalue weighted by Crippen LogP contribution is -2.47. The molecule has 1 fully saturated rings. The second-order valence-electron chi connectivity index (χ2n) is 6.58. The Morgan fingerprint density at radius 1 is 1.10 bits per heavy atom. The van der Waals surface area contributed by atoms with Gasteiger partial charge in [0.05, 0.1) is 27.9 Å². The molecule has 0 aliphatic carbocycles. The molecule has 0 unspecified atom stereocenters. The van der Waals surface area contributed by atoms with E-state index in [1.165, 1.54) is 0 Å². The Kier molecular flexibility index (Phi) is 11.9. The first-order valence-corrected chi connectivity index (χ1v) is 10.8. The Labute approximate surface area is 195 Å². The average Bonchev–Trinajstić information content (AvgIpc) is 2.75. The van der Waals surface area contributed by atoms with Crippen molar-refractivity contribution in [3.05, 3.63) is 17.7 Å². The second kappa shape index (κ2) is 13.3. The van der Waals surface area contributed by atoms with Crippen LogP contribution in [-0.4, -0.2) is 64.6 Å². The maximum Gasteiger partial charge on any atom is 0.203 e. The first-order valence-electron chi connectivity index (χ1n) is 9.55. The van der Waals surface area contributed by atoms with Crippen LogP contribution in [0.15, 0.2) is 17.1 Å². The average molecular weight is 539 g/mol. The zero-order valence-corrected chi connectivity index (χ0v) is 21.1. The SMILES string of the molecule is CCNC(=NCc1cc(OC)c(OC)c(OC)c1)NCC1(SC)CCOCC1.I. The maximum absolute atomic E-state index is 5.53. The number of benzene rings is 1. The molecule has 1 aromatic rings. The van der Waals surface area contributed by atoms with Crippen LogP contribution in [0.2, 0.25) is 0 Å². The summed E-state index contributed by atoms with van der Waals surface area (Å²) < 4.78 is 22.0. The molecule has 1 saturated heterocycles. The highest BCUT2D eigenvalue weighted by atomic mass is 127. The molecule has 0 atom stereocenters. The third-order valence-electron chi connectivity index (χ3n) is 4.90. The number of aliphatic imine (C=N–C) groups is 1. The summed E-state index contributed by atoms with van der Waals surface area (Å²) in [7, 11) is 4.83. The van der Waals surface area contributed by atoms with Crippen LogP contribution in [0, 0.1) is 0 Å². The third kappa shape index (κ3) is 7.29. The summed E-state index contributed by atoms with van der Waals surface area (Å²) in [6.07, 6.45) is 4.27. The van der Waals surface area contributed by atoms with E-state index in [-0.39, 0.29) is 28.7 Å². The van der Waals surface area contributed by atoms with E-state index < -0.39 is 0 Å². The van der Waals surface area contributed by atoms with Gasteiger partial charge in [0, 0.05) is 31.1 Å². The fourth-order valence-electron chi connectivity index (χ4n) is 3.18. The molecule has 1 aliphatic rings. The van der Waals surface area contributed by atoms with Crippen molar-refractivity contribution in [2.24, 2.45) is 4.99 Å². The van der Waals surface area contributed by atoms with Crippen molar-refractivity contribution in [2.75, 3.05) is 53.9 Å². The predicted octanol–water partition coefficient (Wildman–Crippen LogP) is 3.30. The van der Waals surface area contributed by atoms with Gasteiger partial charge in [-0.2, -0.15) is 11.8 Å². The molecule has 0 amide bonds. The number of rotatable bonds is 9. The van der Waals surface area contributed by atoms with Crippen LogP contribution < -0.4 is 24.8 Å². The minimum atomic E-state index is 0. The topological polar surface area (TPSA) is 73.3 Å². The highest BCUT2D eigenvalue weighted by Crippen LogP contribution is 2.38. The summed E-state index contributed by atoms with van der Waals surface area (Å²) in [5.74, 6) is 2.66. The van der Waals surface area contributed by atoms with E-state index in [4.69, 9.17) is 23.9 Å². The summed E-state index contributed by atoms with van der Waals surface area (Å²) in [5, 5.41) is 6.83. The van der Waals surface area contributed by atoms with Crippen LogP contribution in [0.25, 0.3) is 0 Å². The molecule has 0 spiro atoms. The summed E-state index contributed by atoms with van der Waals surface area (Å²) in [6, 6.07) is 3.85. The van der Waals surface area contributed by atoms with Crippen molar-refractivity contribution < 1.29 is 18.9 Å². The summed E-state index contributed by atoms with van der Waals surface area (Å²) in [5.41, 5.74) is 0.984. The van der Waals surface area contributed by atoms with Crippen LogP contribution in [-0.2, 0) is 11.3 Å². The molecule has 29 heavy (non-hydrogen) atoms. The van der Waals surface area contributed by atoms with Gasteiger partial charge >= 0.3 is 0 Å². The smallest absolute Gasteiger partial charge is 0.203 e. The number of halogens is 1. The van der Waals surface area contributed by atoms with E-state index in [1.54, 1.807) is 21.3 Å².